The van der Waals surface area contributed by atoms with Gasteiger partial charge in [-0.15, -0.1) is 11.8 Å². The quantitative estimate of drug-likeness (QED) is 0.769. The zero-order chi connectivity index (χ0) is 19.1. The molecule has 2 aromatic carbocycles. The molecule has 1 N–H and O–H groups in total. The molecule has 2 amide bonds. The highest BCUT2D eigenvalue weighted by Gasteiger charge is 2.28. The Balaban J connectivity index is 1.52. The molecule has 142 valence electrons. The Morgan fingerprint density at radius 1 is 1.04 bits per heavy atom. The fourth-order valence-electron chi connectivity index (χ4n) is 3.37. The number of thioether (sulfide) groups is 1. The van der Waals surface area contributed by atoms with Crippen molar-refractivity contribution >= 4 is 23.6 Å². The Morgan fingerprint density at radius 2 is 1.70 bits per heavy atom. The van der Waals surface area contributed by atoms with Gasteiger partial charge in [-0.2, -0.15) is 0 Å². The number of hydrogen-bond acceptors (Lipinski definition) is 3. The van der Waals surface area contributed by atoms with Gasteiger partial charge in [0.2, 0.25) is 5.91 Å². The maximum absolute atomic E-state index is 12.9. The summed E-state index contributed by atoms with van der Waals surface area (Å²) in [6.07, 6.45) is 1.44. The Hall–Kier alpha value is -2.27. The van der Waals surface area contributed by atoms with Crippen LogP contribution in [0, 0.1) is 5.92 Å². The molecular weight excluding hydrogens is 356 g/mol. The van der Waals surface area contributed by atoms with Gasteiger partial charge in [-0.25, -0.2) is 0 Å². The first-order chi connectivity index (χ1) is 13.2. The molecule has 27 heavy (non-hydrogen) atoms. The number of nitrogens with one attached hydrogen (secondary N) is 1. The number of nitrogens with zero attached hydrogens (tertiary/aromatic N) is 1. The highest BCUT2D eigenvalue weighted by molar-refractivity contribution is 7.99. The highest BCUT2D eigenvalue weighted by Crippen LogP contribution is 2.26. The lowest BCUT2D eigenvalue weighted by atomic mass is 9.95. The molecule has 1 saturated heterocycles. The average Bonchev–Trinajstić information content (AvgIpc) is 2.73. The van der Waals surface area contributed by atoms with Gasteiger partial charge in [0, 0.05) is 30.4 Å². The molecule has 4 nitrogen and oxygen atoms in total. The Morgan fingerprint density at radius 3 is 2.41 bits per heavy atom. The molecule has 2 aromatic rings. The molecule has 0 unspecified atom stereocenters. The second kappa shape index (κ2) is 9.60. The Kier molecular flexibility index (Phi) is 6.93. The van der Waals surface area contributed by atoms with E-state index in [2.05, 4.69) is 12.2 Å². The molecule has 0 aromatic heterocycles. The van der Waals surface area contributed by atoms with Crippen LogP contribution in [-0.2, 0) is 11.3 Å². The summed E-state index contributed by atoms with van der Waals surface area (Å²) in [7, 11) is 0. The predicted octanol–water partition coefficient (Wildman–Crippen LogP) is 3.97. The lowest BCUT2D eigenvalue weighted by Gasteiger charge is -2.31. The minimum Gasteiger partial charge on any atom is -0.352 e. The number of carbonyl (C=O) groups is 2. The van der Waals surface area contributed by atoms with Crippen LogP contribution < -0.4 is 5.32 Å². The van der Waals surface area contributed by atoms with Crippen LogP contribution in [0.4, 0.5) is 0 Å². The summed E-state index contributed by atoms with van der Waals surface area (Å²) < 4.78 is 0. The first-order valence-electron chi connectivity index (χ1n) is 9.51. The number of carbonyl (C=O) groups excluding carboxylic acids is 2. The standard InChI is InChI=1S/C22H26N2O2S/c1-2-27-20-11-7-6-10-19(20)22(26)24-14-12-18(13-15-24)21(25)23-16-17-8-4-3-5-9-17/h3-11,18H,2,12-16H2,1H3,(H,23,25). The van der Waals surface area contributed by atoms with Gasteiger partial charge in [0.25, 0.3) is 5.91 Å². The van der Waals surface area contributed by atoms with Gasteiger partial charge in [0.15, 0.2) is 0 Å². The van der Waals surface area contributed by atoms with Crippen molar-refractivity contribution < 1.29 is 9.59 Å². The van der Waals surface area contributed by atoms with Crippen LogP contribution >= 0.6 is 11.8 Å². The molecule has 5 heteroatoms. The van der Waals surface area contributed by atoms with Crippen LogP contribution in [0.2, 0.25) is 0 Å². The molecule has 1 aliphatic rings. The van der Waals surface area contributed by atoms with Crippen LogP contribution in [0.15, 0.2) is 59.5 Å². The number of rotatable bonds is 6. The van der Waals surface area contributed by atoms with Crippen molar-refractivity contribution in [2.24, 2.45) is 5.92 Å². The van der Waals surface area contributed by atoms with Gasteiger partial charge >= 0.3 is 0 Å². The molecule has 0 radical (unpaired) electrons. The molecular formula is C22H26N2O2S. The van der Waals surface area contributed by atoms with Gasteiger partial charge in [-0.3, -0.25) is 9.59 Å². The van der Waals surface area contributed by atoms with Crippen molar-refractivity contribution in [2.45, 2.75) is 31.2 Å². The second-order valence-electron chi connectivity index (χ2n) is 6.70. The van der Waals surface area contributed by atoms with Crippen molar-refractivity contribution in [1.82, 2.24) is 10.2 Å². The Labute approximate surface area is 165 Å². The number of piperidine rings is 1. The van der Waals surface area contributed by atoms with Crippen molar-refractivity contribution in [2.75, 3.05) is 18.8 Å². The summed E-state index contributed by atoms with van der Waals surface area (Å²) >= 11 is 1.69. The molecule has 3 rings (SSSR count). The number of likely N-dealkylation sites (tertiary alicyclic amines) is 1. The number of amides is 2. The van der Waals surface area contributed by atoms with E-state index >= 15 is 0 Å². The molecule has 0 aliphatic carbocycles. The zero-order valence-corrected chi connectivity index (χ0v) is 16.5. The third kappa shape index (κ3) is 5.13. The van der Waals surface area contributed by atoms with Crippen LogP contribution in [0.25, 0.3) is 0 Å². The van der Waals surface area contributed by atoms with Crippen LogP contribution in [0.5, 0.6) is 0 Å². The normalized spacial score (nSPS) is 14.8. The first kappa shape index (κ1) is 19.5. The molecule has 1 fully saturated rings. The van der Waals surface area contributed by atoms with E-state index < -0.39 is 0 Å². The SMILES string of the molecule is CCSc1ccccc1C(=O)N1CCC(C(=O)NCc2ccccc2)CC1. The minimum absolute atomic E-state index is 0.0157. The van der Waals surface area contributed by atoms with Gasteiger partial charge in [-0.1, -0.05) is 49.4 Å². The van der Waals surface area contributed by atoms with Gasteiger partial charge in [0.1, 0.15) is 0 Å². The molecule has 1 aliphatic heterocycles. The number of hydrogen-bond donors (Lipinski definition) is 1. The largest absolute Gasteiger partial charge is 0.352 e. The highest BCUT2D eigenvalue weighted by atomic mass is 32.2. The van der Waals surface area contributed by atoms with Crippen LogP contribution in [0.3, 0.4) is 0 Å². The minimum atomic E-state index is -0.0157. The maximum atomic E-state index is 12.9. The van der Waals surface area contributed by atoms with Gasteiger partial charge in [-0.05, 0) is 36.3 Å². The number of benzene rings is 2. The third-order valence-corrected chi connectivity index (χ3v) is 5.84. The van der Waals surface area contributed by atoms with Crippen molar-refractivity contribution in [1.29, 1.82) is 0 Å². The molecule has 0 bridgehead atoms. The smallest absolute Gasteiger partial charge is 0.254 e. The van der Waals surface area contributed by atoms with Crippen LogP contribution in [-0.4, -0.2) is 35.6 Å². The van der Waals surface area contributed by atoms with Crippen molar-refractivity contribution in [3.8, 4) is 0 Å². The lowest BCUT2D eigenvalue weighted by Crippen LogP contribution is -2.43. The van der Waals surface area contributed by atoms with Gasteiger partial charge in [0.05, 0.1) is 5.56 Å². The summed E-state index contributed by atoms with van der Waals surface area (Å²) in [6, 6.07) is 17.7. The van der Waals surface area contributed by atoms with E-state index in [-0.39, 0.29) is 17.7 Å². The Bertz CT molecular complexity index is 771. The van der Waals surface area contributed by atoms with E-state index in [9.17, 15) is 9.59 Å². The summed E-state index contributed by atoms with van der Waals surface area (Å²) in [5.41, 5.74) is 1.87. The summed E-state index contributed by atoms with van der Waals surface area (Å²) in [5.74, 6) is 1.09. The second-order valence-corrected chi connectivity index (χ2v) is 8.00. The summed E-state index contributed by atoms with van der Waals surface area (Å²) in [4.78, 5) is 28.3. The van der Waals surface area contributed by atoms with Crippen LogP contribution in [0.1, 0.15) is 35.7 Å². The average molecular weight is 383 g/mol. The maximum Gasteiger partial charge on any atom is 0.254 e. The zero-order valence-electron chi connectivity index (χ0n) is 15.7. The molecule has 0 spiro atoms. The topological polar surface area (TPSA) is 49.4 Å². The fraction of sp³-hybridized carbons (Fsp3) is 0.364. The third-order valence-electron chi connectivity index (χ3n) is 4.88. The lowest BCUT2D eigenvalue weighted by molar-refractivity contribution is -0.126. The van der Waals surface area contributed by atoms with E-state index in [0.29, 0.717) is 19.6 Å². The van der Waals surface area contributed by atoms with E-state index in [4.69, 9.17) is 0 Å². The van der Waals surface area contributed by atoms with Gasteiger partial charge < -0.3 is 10.2 Å². The van der Waals surface area contributed by atoms with E-state index in [1.165, 1.54) is 0 Å². The van der Waals surface area contributed by atoms with Crippen molar-refractivity contribution in [3.05, 3.63) is 65.7 Å². The fourth-order valence-corrected chi connectivity index (χ4v) is 4.17. The monoisotopic (exact) mass is 382 g/mol. The molecule has 1 heterocycles. The van der Waals surface area contributed by atoms with Crippen molar-refractivity contribution in [3.63, 3.8) is 0 Å². The molecule has 0 saturated carbocycles. The molecule has 0 atom stereocenters. The van der Waals surface area contributed by atoms with E-state index in [1.807, 2.05) is 59.5 Å². The summed E-state index contributed by atoms with van der Waals surface area (Å²) in [6.45, 7) is 3.91. The first-order valence-corrected chi connectivity index (χ1v) is 10.5. The predicted molar refractivity (Wildman–Crippen MR) is 110 cm³/mol. The van der Waals surface area contributed by atoms with E-state index in [0.717, 1.165) is 34.6 Å². The summed E-state index contributed by atoms with van der Waals surface area (Å²) in [5, 5.41) is 3.02. The van der Waals surface area contributed by atoms with E-state index in [1.54, 1.807) is 11.8 Å².